The molecule has 4 heteroatoms. The van der Waals surface area contributed by atoms with E-state index in [2.05, 4.69) is 15.3 Å². The topological polar surface area (TPSA) is 37.8 Å². The first-order valence-electron chi connectivity index (χ1n) is 5.97. The largest absolute Gasteiger partial charge is 0.324 e. The Kier molecular flexibility index (Phi) is 5.24. The molecule has 0 saturated heterocycles. The van der Waals surface area contributed by atoms with Crippen LogP contribution < -0.4 is 5.32 Å². The predicted octanol–water partition coefficient (Wildman–Crippen LogP) is 4.00. The van der Waals surface area contributed by atoms with Gasteiger partial charge in [-0.15, -0.1) is 0 Å². The second-order valence-corrected chi connectivity index (χ2v) is 3.66. The summed E-state index contributed by atoms with van der Waals surface area (Å²) < 4.78 is 13.1. The molecule has 1 heterocycles. The van der Waals surface area contributed by atoms with Gasteiger partial charge in [0.25, 0.3) is 0 Å². The number of halogens is 1. The van der Waals surface area contributed by atoms with Crippen molar-refractivity contribution >= 4 is 11.6 Å². The maximum atomic E-state index is 13.1. The van der Waals surface area contributed by atoms with Crippen LogP contribution in [0.2, 0.25) is 0 Å². The highest BCUT2D eigenvalue weighted by Gasteiger charge is 2.00. The normalized spacial score (nSPS) is 9.39. The lowest BCUT2D eigenvalue weighted by atomic mass is 10.2. The molecular formula is C14H18FN3. The molecule has 2 rings (SSSR count). The predicted molar refractivity (Wildman–Crippen MR) is 72.5 cm³/mol. The lowest BCUT2D eigenvalue weighted by Gasteiger charge is -2.06. The molecule has 0 aliphatic rings. The highest BCUT2D eigenvalue weighted by atomic mass is 19.1. The number of nitrogens with zero attached hydrogens (tertiary/aromatic N) is 2. The Bertz CT molecular complexity index is 492. The fraction of sp³-hybridized carbons (Fsp3) is 0.286. The van der Waals surface area contributed by atoms with Gasteiger partial charge in [-0.1, -0.05) is 13.8 Å². The molecule has 0 aliphatic carbocycles. The molecule has 0 saturated carbocycles. The van der Waals surface area contributed by atoms with E-state index in [0.717, 1.165) is 11.3 Å². The maximum Gasteiger partial charge on any atom is 0.227 e. The van der Waals surface area contributed by atoms with Gasteiger partial charge in [-0.3, -0.25) is 0 Å². The minimum Gasteiger partial charge on any atom is -0.324 e. The fourth-order valence-electron chi connectivity index (χ4n) is 1.45. The number of aryl methyl sites for hydroxylation is 2. The van der Waals surface area contributed by atoms with Crippen LogP contribution in [0.3, 0.4) is 0 Å². The van der Waals surface area contributed by atoms with E-state index in [1.54, 1.807) is 6.20 Å². The van der Waals surface area contributed by atoms with Crippen molar-refractivity contribution in [1.82, 2.24) is 9.97 Å². The zero-order chi connectivity index (χ0) is 13.5. The molecule has 0 amide bonds. The summed E-state index contributed by atoms with van der Waals surface area (Å²) in [5, 5.41) is 2.96. The second-order valence-electron chi connectivity index (χ2n) is 3.66. The van der Waals surface area contributed by atoms with Gasteiger partial charge >= 0.3 is 0 Å². The summed E-state index contributed by atoms with van der Waals surface area (Å²) in [6.07, 6.45) is 1.66. The first-order chi connectivity index (χ1) is 8.63. The molecule has 1 N–H and O–H groups in total. The molecule has 96 valence electrons. The van der Waals surface area contributed by atoms with Crippen LogP contribution in [0.25, 0.3) is 0 Å². The fourth-order valence-corrected chi connectivity index (χ4v) is 1.45. The zero-order valence-electron chi connectivity index (χ0n) is 11.2. The standard InChI is InChI=1S/C12H12FN3.C2H6/c1-8-5-10(13)7-11(6-8)16-12-14-4-3-9(2)15-12;1-2/h3-7H,1-2H3,(H,14,15,16);1-2H3. The van der Waals surface area contributed by atoms with E-state index >= 15 is 0 Å². The van der Waals surface area contributed by atoms with Crippen molar-refractivity contribution in [3.05, 3.63) is 47.5 Å². The van der Waals surface area contributed by atoms with Crippen LogP contribution in [0.5, 0.6) is 0 Å². The molecule has 3 nitrogen and oxygen atoms in total. The molecule has 0 unspecified atom stereocenters. The molecular weight excluding hydrogens is 229 g/mol. The first-order valence-corrected chi connectivity index (χ1v) is 5.97. The van der Waals surface area contributed by atoms with Crippen molar-refractivity contribution < 1.29 is 4.39 Å². The summed E-state index contributed by atoms with van der Waals surface area (Å²) in [5.74, 6) is 0.208. The van der Waals surface area contributed by atoms with Crippen LogP contribution >= 0.6 is 0 Å². The van der Waals surface area contributed by atoms with E-state index in [1.165, 1.54) is 12.1 Å². The molecule has 18 heavy (non-hydrogen) atoms. The van der Waals surface area contributed by atoms with Gasteiger partial charge in [0.2, 0.25) is 5.95 Å². The van der Waals surface area contributed by atoms with E-state index in [-0.39, 0.29) is 5.82 Å². The van der Waals surface area contributed by atoms with Crippen LogP contribution in [-0.2, 0) is 0 Å². The third-order valence-electron chi connectivity index (χ3n) is 2.09. The van der Waals surface area contributed by atoms with Crippen molar-refractivity contribution in [2.75, 3.05) is 5.32 Å². The minimum atomic E-state index is -0.268. The van der Waals surface area contributed by atoms with E-state index in [1.807, 2.05) is 39.8 Å². The van der Waals surface area contributed by atoms with E-state index in [9.17, 15) is 4.39 Å². The number of benzene rings is 1. The number of nitrogens with one attached hydrogen (secondary N) is 1. The van der Waals surface area contributed by atoms with Gasteiger partial charge in [-0.05, 0) is 43.7 Å². The molecule has 0 radical (unpaired) electrons. The third kappa shape index (κ3) is 4.13. The van der Waals surface area contributed by atoms with Crippen molar-refractivity contribution in [1.29, 1.82) is 0 Å². The highest BCUT2D eigenvalue weighted by Crippen LogP contribution is 2.16. The Morgan fingerprint density at radius 2 is 1.83 bits per heavy atom. The Morgan fingerprint density at radius 1 is 1.11 bits per heavy atom. The van der Waals surface area contributed by atoms with E-state index in [0.29, 0.717) is 11.6 Å². The lowest BCUT2D eigenvalue weighted by molar-refractivity contribution is 0.627. The van der Waals surface area contributed by atoms with Crippen LogP contribution in [0.1, 0.15) is 25.1 Å². The Hall–Kier alpha value is -1.97. The molecule has 0 spiro atoms. The molecule has 0 fully saturated rings. The minimum absolute atomic E-state index is 0.268. The van der Waals surface area contributed by atoms with Crippen LogP contribution in [0.15, 0.2) is 30.5 Å². The number of hydrogen-bond acceptors (Lipinski definition) is 3. The lowest BCUT2D eigenvalue weighted by Crippen LogP contribution is -1.98. The van der Waals surface area contributed by atoms with Gasteiger partial charge in [0.1, 0.15) is 5.82 Å². The third-order valence-corrected chi connectivity index (χ3v) is 2.09. The van der Waals surface area contributed by atoms with Crippen molar-refractivity contribution in [3.63, 3.8) is 0 Å². The van der Waals surface area contributed by atoms with E-state index < -0.39 is 0 Å². The van der Waals surface area contributed by atoms with E-state index in [4.69, 9.17) is 0 Å². The van der Waals surface area contributed by atoms with Gasteiger partial charge in [0, 0.05) is 17.6 Å². The highest BCUT2D eigenvalue weighted by molar-refractivity contribution is 5.54. The summed E-state index contributed by atoms with van der Waals surface area (Å²) in [7, 11) is 0. The molecule has 0 aliphatic heterocycles. The average molecular weight is 247 g/mol. The van der Waals surface area contributed by atoms with Gasteiger partial charge in [0.05, 0.1) is 0 Å². The van der Waals surface area contributed by atoms with Crippen LogP contribution in [0, 0.1) is 19.7 Å². The van der Waals surface area contributed by atoms with Gasteiger partial charge in [0.15, 0.2) is 0 Å². The van der Waals surface area contributed by atoms with Gasteiger partial charge in [-0.2, -0.15) is 0 Å². The quantitative estimate of drug-likeness (QED) is 0.871. The molecule has 2 aromatic rings. The molecule has 0 bridgehead atoms. The summed E-state index contributed by atoms with van der Waals surface area (Å²) >= 11 is 0. The Morgan fingerprint density at radius 3 is 2.44 bits per heavy atom. The monoisotopic (exact) mass is 247 g/mol. The summed E-state index contributed by atoms with van der Waals surface area (Å²) in [4.78, 5) is 8.23. The van der Waals surface area contributed by atoms with Crippen molar-refractivity contribution in [3.8, 4) is 0 Å². The first kappa shape index (κ1) is 14.1. The summed E-state index contributed by atoms with van der Waals surface area (Å²) in [6, 6.07) is 6.54. The maximum absolute atomic E-state index is 13.1. The van der Waals surface area contributed by atoms with Crippen molar-refractivity contribution in [2.24, 2.45) is 0 Å². The Balaban J connectivity index is 0.000000771. The average Bonchev–Trinajstić information content (AvgIpc) is 2.30. The number of aromatic nitrogens is 2. The smallest absolute Gasteiger partial charge is 0.227 e. The van der Waals surface area contributed by atoms with Crippen LogP contribution in [0.4, 0.5) is 16.0 Å². The summed E-state index contributed by atoms with van der Waals surface area (Å²) in [6.45, 7) is 7.72. The SMILES string of the molecule is CC.Cc1cc(F)cc(Nc2nccc(C)n2)c1. The molecule has 1 aromatic carbocycles. The molecule has 0 atom stereocenters. The van der Waals surface area contributed by atoms with Crippen molar-refractivity contribution in [2.45, 2.75) is 27.7 Å². The Labute approximate surface area is 107 Å². The zero-order valence-corrected chi connectivity index (χ0v) is 11.2. The second kappa shape index (κ2) is 6.69. The number of anilines is 2. The number of rotatable bonds is 2. The molecule has 1 aromatic heterocycles. The van der Waals surface area contributed by atoms with Gasteiger partial charge < -0.3 is 5.32 Å². The number of hydrogen-bond donors (Lipinski definition) is 1. The summed E-state index contributed by atoms with van der Waals surface area (Å²) in [5.41, 5.74) is 2.38. The van der Waals surface area contributed by atoms with Crippen LogP contribution in [-0.4, -0.2) is 9.97 Å². The van der Waals surface area contributed by atoms with Gasteiger partial charge in [-0.25, -0.2) is 14.4 Å².